The SMILES string of the molecule is Br.Br.NCCC[C@H]1CCSC(N)=N1. The van der Waals surface area contributed by atoms with Gasteiger partial charge >= 0.3 is 0 Å². The first kappa shape index (κ1) is 16.2. The minimum atomic E-state index is 0. The summed E-state index contributed by atoms with van der Waals surface area (Å²) in [7, 11) is 0. The molecule has 0 aromatic heterocycles. The minimum absolute atomic E-state index is 0. The topological polar surface area (TPSA) is 64.4 Å². The Bertz CT molecular complexity index is 155. The van der Waals surface area contributed by atoms with Crippen molar-refractivity contribution in [3.63, 3.8) is 0 Å². The molecule has 0 saturated carbocycles. The number of amidine groups is 1. The fourth-order valence-electron chi connectivity index (χ4n) is 1.14. The lowest BCUT2D eigenvalue weighted by Crippen LogP contribution is -2.20. The second-order valence-electron chi connectivity index (χ2n) is 2.69. The second-order valence-corrected chi connectivity index (χ2v) is 3.80. The van der Waals surface area contributed by atoms with Gasteiger partial charge in [-0.1, -0.05) is 11.8 Å². The predicted molar refractivity (Wildman–Crippen MR) is 71.4 cm³/mol. The number of hydrogen-bond acceptors (Lipinski definition) is 4. The van der Waals surface area contributed by atoms with Gasteiger partial charge in [-0.15, -0.1) is 34.0 Å². The Hall–Kier alpha value is 0.740. The van der Waals surface area contributed by atoms with E-state index in [4.69, 9.17) is 11.5 Å². The van der Waals surface area contributed by atoms with Crippen LogP contribution in [0, 0.1) is 0 Å². The summed E-state index contributed by atoms with van der Waals surface area (Å²) in [5.74, 6) is 1.12. The highest BCUT2D eigenvalue weighted by Gasteiger charge is 2.12. The molecule has 3 nitrogen and oxygen atoms in total. The lowest BCUT2D eigenvalue weighted by Gasteiger charge is -2.16. The molecule has 6 heteroatoms. The molecule has 1 aliphatic heterocycles. The van der Waals surface area contributed by atoms with Crippen molar-refractivity contribution in [2.24, 2.45) is 16.5 Å². The average Bonchev–Trinajstić information content (AvgIpc) is 2.01. The number of nitrogens with zero attached hydrogens (tertiary/aromatic N) is 1. The summed E-state index contributed by atoms with van der Waals surface area (Å²) in [4.78, 5) is 4.32. The number of nitrogens with two attached hydrogens (primary N) is 2. The van der Waals surface area contributed by atoms with Gasteiger partial charge in [0.1, 0.15) is 0 Å². The highest BCUT2D eigenvalue weighted by molar-refractivity contribution is 8.93. The number of aliphatic imine (C=N–C) groups is 1. The summed E-state index contributed by atoms with van der Waals surface area (Å²) in [6.07, 6.45) is 3.31. The lowest BCUT2D eigenvalue weighted by atomic mass is 10.1. The standard InChI is InChI=1S/C7H15N3S.2BrH/c8-4-1-2-6-3-5-11-7(9)10-6;;/h6H,1-5,8H2,(H2,9,10);2*1H/t6-;;/m0../s1. The Morgan fingerprint density at radius 1 is 1.46 bits per heavy atom. The van der Waals surface area contributed by atoms with E-state index >= 15 is 0 Å². The molecule has 80 valence electrons. The molecule has 0 aromatic carbocycles. The van der Waals surface area contributed by atoms with E-state index in [2.05, 4.69) is 4.99 Å². The first-order valence-corrected chi connectivity index (χ1v) is 4.97. The molecular formula is C7H17Br2N3S. The average molecular weight is 335 g/mol. The molecule has 0 radical (unpaired) electrons. The van der Waals surface area contributed by atoms with Crippen molar-refractivity contribution in [3.05, 3.63) is 0 Å². The fraction of sp³-hybridized carbons (Fsp3) is 0.857. The van der Waals surface area contributed by atoms with Crippen LogP contribution in [0.4, 0.5) is 0 Å². The molecule has 0 aliphatic carbocycles. The van der Waals surface area contributed by atoms with Gasteiger partial charge < -0.3 is 11.5 Å². The van der Waals surface area contributed by atoms with Crippen molar-refractivity contribution >= 4 is 50.9 Å². The molecule has 0 amide bonds. The third-order valence-electron chi connectivity index (χ3n) is 1.75. The molecule has 4 N–H and O–H groups in total. The Labute approximate surface area is 105 Å². The van der Waals surface area contributed by atoms with Crippen LogP contribution in [0.15, 0.2) is 4.99 Å². The molecule has 0 unspecified atom stereocenters. The van der Waals surface area contributed by atoms with Crippen molar-refractivity contribution in [1.29, 1.82) is 0 Å². The van der Waals surface area contributed by atoms with E-state index in [1.807, 2.05) is 0 Å². The summed E-state index contributed by atoms with van der Waals surface area (Å²) < 4.78 is 0. The van der Waals surface area contributed by atoms with E-state index in [-0.39, 0.29) is 34.0 Å². The molecule has 0 spiro atoms. The maximum atomic E-state index is 5.58. The van der Waals surface area contributed by atoms with E-state index in [9.17, 15) is 0 Å². The fourth-order valence-corrected chi connectivity index (χ4v) is 1.97. The summed E-state index contributed by atoms with van der Waals surface area (Å²) in [5.41, 5.74) is 11.0. The molecular weight excluding hydrogens is 318 g/mol. The summed E-state index contributed by atoms with van der Waals surface area (Å²) >= 11 is 1.65. The van der Waals surface area contributed by atoms with Crippen molar-refractivity contribution in [1.82, 2.24) is 0 Å². The van der Waals surface area contributed by atoms with Crippen LogP contribution in [0.2, 0.25) is 0 Å². The van der Waals surface area contributed by atoms with Gasteiger partial charge in [0.15, 0.2) is 5.17 Å². The van der Waals surface area contributed by atoms with Gasteiger partial charge in [-0.3, -0.25) is 4.99 Å². The smallest absolute Gasteiger partial charge is 0.154 e. The number of thioether (sulfide) groups is 1. The quantitative estimate of drug-likeness (QED) is 0.825. The van der Waals surface area contributed by atoms with Gasteiger partial charge in [0, 0.05) is 5.75 Å². The molecule has 13 heavy (non-hydrogen) atoms. The van der Waals surface area contributed by atoms with E-state index in [1.165, 1.54) is 0 Å². The van der Waals surface area contributed by atoms with Gasteiger partial charge in [-0.25, -0.2) is 0 Å². The maximum absolute atomic E-state index is 5.58. The van der Waals surface area contributed by atoms with Crippen LogP contribution in [0.25, 0.3) is 0 Å². The molecule has 0 aromatic rings. The number of rotatable bonds is 3. The van der Waals surface area contributed by atoms with E-state index in [0.717, 1.165) is 36.7 Å². The maximum Gasteiger partial charge on any atom is 0.154 e. The third-order valence-corrected chi connectivity index (χ3v) is 2.59. The Kier molecular flexibility index (Phi) is 11.6. The Morgan fingerprint density at radius 2 is 2.15 bits per heavy atom. The minimum Gasteiger partial charge on any atom is -0.379 e. The van der Waals surface area contributed by atoms with Crippen LogP contribution in [0.5, 0.6) is 0 Å². The largest absolute Gasteiger partial charge is 0.379 e. The Morgan fingerprint density at radius 3 is 2.69 bits per heavy atom. The van der Waals surface area contributed by atoms with Gasteiger partial charge in [0.2, 0.25) is 0 Å². The molecule has 0 saturated heterocycles. The van der Waals surface area contributed by atoms with Gasteiger partial charge in [0.05, 0.1) is 6.04 Å². The first-order chi connectivity index (χ1) is 5.33. The summed E-state index contributed by atoms with van der Waals surface area (Å²) in [6.45, 7) is 0.763. The zero-order valence-electron chi connectivity index (χ0n) is 7.44. The second kappa shape index (κ2) is 9.30. The van der Waals surface area contributed by atoms with Gasteiger partial charge in [-0.2, -0.15) is 0 Å². The number of halogens is 2. The molecule has 0 fully saturated rings. The van der Waals surface area contributed by atoms with Crippen molar-refractivity contribution < 1.29 is 0 Å². The van der Waals surface area contributed by atoms with Crippen molar-refractivity contribution in [2.45, 2.75) is 25.3 Å². The van der Waals surface area contributed by atoms with Crippen LogP contribution in [0.1, 0.15) is 19.3 Å². The van der Waals surface area contributed by atoms with Gasteiger partial charge in [-0.05, 0) is 25.8 Å². The zero-order valence-corrected chi connectivity index (χ0v) is 11.7. The molecule has 1 atom stereocenters. The van der Waals surface area contributed by atoms with E-state index in [1.54, 1.807) is 11.8 Å². The van der Waals surface area contributed by atoms with Gasteiger partial charge in [0.25, 0.3) is 0 Å². The zero-order chi connectivity index (χ0) is 8.10. The highest BCUT2D eigenvalue weighted by Crippen LogP contribution is 2.17. The van der Waals surface area contributed by atoms with Crippen LogP contribution in [-0.2, 0) is 0 Å². The van der Waals surface area contributed by atoms with Crippen LogP contribution in [0.3, 0.4) is 0 Å². The lowest BCUT2D eigenvalue weighted by molar-refractivity contribution is 0.577. The highest BCUT2D eigenvalue weighted by atomic mass is 79.9. The molecule has 1 heterocycles. The normalized spacial score (nSPS) is 21.0. The summed E-state index contributed by atoms with van der Waals surface area (Å²) in [6, 6.07) is 0.444. The monoisotopic (exact) mass is 333 g/mol. The van der Waals surface area contributed by atoms with Crippen molar-refractivity contribution in [3.8, 4) is 0 Å². The predicted octanol–water partition coefficient (Wildman–Crippen LogP) is 1.70. The van der Waals surface area contributed by atoms with E-state index < -0.39 is 0 Å². The summed E-state index contributed by atoms with van der Waals surface area (Å²) in [5, 5.41) is 0.748. The van der Waals surface area contributed by atoms with Crippen LogP contribution < -0.4 is 11.5 Å². The molecule has 0 bridgehead atoms. The molecule has 1 rings (SSSR count). The van der Waals surface area contributed by atoms with Crippen molar-refractivity contribution in [2.75, 3.05) is 12.3 Å². The van der Waals surface area contributed by atoms with Crippen LogP contribution >= 0.6 is 45.7 Å². The van der Waals surface area contributed by atoms with E-state index in [0.29, 0.717) is 6.04 Å². The third kappa shape index (κ3) is 6.76. The first-order valence-electron chi connectivity index (χ1n) is 3.99. The van der Waals surface area contributed by atoms with Crippen LogP contribution in [-0.4, -0.2) is 23.5 Å². The Balaban J connectivity index is 0. The number of hydrogen-bond donors (Lipinski definition) is 2. The molecule has 1 aliphatic rings.